The summed E-state index contributed by atoms with van der Waals surface area (Å²) in [5.74, 6) is -0.493. The van der Waals surface area contributed by atoms with E-state index in [0.29, 0.717) is 5.75 Å². The minimum atomic E-state index is -0.983. The van der Waals surface area contributed by atoms with E-state index in [9.17, 15) is 9.90 Å². The van der Waals surface area contributed by atoms with Gasteiger partial charge in [0.25, 0.3) is 0 Å². The van der Waals surface area contributed by atoms with E-state index in [4.69, 9.17) is 14.0 Å². The second-order valence-corrected chi connectivity index (χ2v) is 8.36. The average Bonchev–Trinajstić information content (AvgIpc) is 2.64. The van der Waals surface area contributed by atoms with Crippen LogP contribution in [0.1, 0.15) is 48.5 Å². The molecule has 0 amide bonds. The maximum atomic E-state index is 11.5. The highest BCUT2D eigenvalue weighted by Crippen LogP contribution is 2.36. The van der Waals surface area contributed by atoms with Crippen molar-refractivity contribution in [2.45, 2.75) is 65.8 Å². The van der Waals surface area contributed by atoms with Gasteiger partial charge in [-0.15, -0.1) is 0 Å². The number of carboxylic acid groups (broad SMARTS) is 1. The first-order valence-electron chi connectivity index (χ1n) is 8.18. The monoisotopic (exact) mass is 334 g/mol. The highest BCUT2D eigenvalue weighted by atomic mass is 16.7. The molecule has 0 aliphatic carbocycles. The van der Waals surface area contributed by atoms with Gasteiger partial charge in [-0.2, -0.15) is 0 Å². The van der Waals surface area contributed by atoms with Crippen molar-refractivity contribution in [1.29, 1.82) is 0 Å². The summed E-state index contributed by atoms with van der Waals surface area (Å²) in [5, 5.41) is 9.41. The van der Waals surface area contributed by atoms with Gasteiger partial charge in [0.15, 0.2) is 6.10 Å². The summed E-state index contributed by atoms with van der Waals surface area (Å²) in [6.45, 7) is 13.5. The number of carbonyl (C=O) groups is 1. The number of aliphatic carboxylic acids is 1. The van der Waals surface area contributed by atoms with Crippen LogP contribution in [0.3, 0.4) is 0 Å². The molecule has 1 aliphatic heterocycles. The molecule has 6 heteroatoms. The lowest BCUT2D eigenvalue weighted by atomic mass is 9.79. The predicted octanol–water partition coefficient (Wildman–Crippen LogP) is 2.86. The molecule has 1 saturated heterocycles. The lowest BCUT2D eigenvalue weighted by Gasteiger charge is -2.32. The van der Waals surface area contributed by atoms with E-state index in [1.165, 1.54) is 0 Å². The van der Waals surface area contributed by atoms with Crippen molar-refractivity contribution in [3.05, 3.63) is 24.3 Å². The van der Waals surface area contributed by atoms with Gasteiger partial charge in [-0.1, -0.05) is 32.9 Å². The van der Waals surface area contributed by atoms with E-state index in [1.54, 1.807) is 12.1 Å². The molecule has 132 valence electrons. The molecular weight excluding hydrogens is 307 g/mol. The van der Waals surface area contributed by atoms with Gasteiger partial charge in [0, 0.05) is 5.41 Å². The fourth-order valence-corrected chi connectivity index (χ4v) is 2.45. The standard InChI is InChI=1S/C18H27BO5/c1-16(2,3)14(15(20)21)22-13-10-8-9-12(11-13)19-23-17(4,5)18(6,7)24-19/h8-11,14H,1-7H3,(H,20,21). The number of benzene rings is 1. The van der Waals surface area contributed by atoms with Crippen LogP contribution in [0, 0.1) is 5.41 Å². The van der Waals surface area contributed by atoms with Crippen molar-refractivity contribution in [2.24, 2.45) is 5.41 Å². The molecule has 1 aliphatic rings. The Morgan fingerprint density at radius 3 is 2.17 bits per heavy atom. The molecule has 5 nitrogen and oxygen atoms in total. The van der Waals surface area contributed by atoms with Crippen LogP contribution in [-0.2, 0) is 14.1 Å². The third-order valence-corrected chi connectivity index (χ3v) is 4.65. The molecule has 2 rings (SSSR count). The fraction of sp³-hybridized carbons (Fsp3) is 0.611. The summed E-state index contributed by atoms with van der Waals surface area (Å²) in [6, 6.07) is 7.24. The zero-order valence-corrected chi connectivity index (χ0v) is 15.5. The van der Waals surface area contributed by atoms with Gasteiger partial charge in [-0.3, -0.25) is 0 Å². The molecule has 24 heavy (non-hydrogen) atoms. The molecule has 1 unspecified atom stereocenters. The predicted molar refractivity (Wildman–Crippen MR) is 93.7 cm³/mol. The van der Waals surface area contributed by atoms with Crippen molar-refractivity contribution < 1.29 is 23.9 Å². The Morgan fingerprint density at radius 1 is 1.17 bits per heavy atom. The topological polar surface area (TPSA) is 65.0 Å². The third-order valence-electron chi connectivity index (χ3n) is 4.65. The summed E-state index contributed by atoms with van der Waals surface area (Å²) in [5.41, 5.74) is -0.566. The Kier molecular flexibility index (Phi) is 4.77. The van der Waals surface area contributed by atoms with Crippen LogP contribution in [0.4, 0.5) is 0 Å². The summed E-state index contributed by atoms with van der Waals surface area (Å²) in [4.78, 5) is 11.5. The van der Waals surface area contributed by atoms with E-state index < -0.39 is 35.8 Å². The van der Waals surface area contributed by atoms with Gasteiger partial charge in [-0.25, -0.2) is 4.79 Å². The average molecular weight is 334 g/mol. The minimum Gasteiger partial charge on any atom is -0.478 e. The first-order chi connectivity index (χ1) is 10.8. The lowest BCUT2D eigenvalue weighted by molar-refractivity contribution is -0.150. The van der Waals surface area contributed by atoms with E-state index in [1.807, 2.05) is 60.6 Å². The normalized spacial score (nSPS) is 20.7. The molecule has 1 atom stereocenters. The Balaban J connectivity index is 2.23. The Bertz CT molecular complexity index is 602. The molecule has 0 bridgehead atoms. The van der Waals surface area contributed by atoms with Crippen LogP contribution in [0.5, 0.6) is 5.75 Å². The second-order valence-electron chi connectivity index (χ2n) is 8.36. The zero-order chi connectivity index (χ0) is 18.3. The van der Waals surface area contributed by atoms with Crippen LogP contribution in [-0.4, -0.2) is 35.5 Å². The summed E-state index contributed by atoms with van der Waals surface area (Å²) in [6.07, 6.45) is -0.939. The quantitative estimate of drug-likeness (QED) is 0.858. The molecule has 0 spiro atoms. The molecule has 0 saturated carbocycles. The second kappa shape index (κ2) is 6.08. The molecular formula is C18H27BO5. The number of ether oxygens (including phenoxy) is 1. The maximum absolute atomic E-state index is 11.5. The van der Waals surface area contributed by atoms with E-state index in [-0.39, 0.29) is 0 Å². The van der Waals surface area contributed by atoms with Crippen molar-refractivity contribution in [3.63, 3.8) is 0 Å². The number of carboxylic acids is 1. The van der Waals surface area contributed by atoms with Crippen LogP contribution in [0.2, 0.25) is 0 Å². The molecule has 1 heterocycles. The van der Waals surface area contributed by atoms with E-state index in [0.717, 1.165) is 5.46 Å². The maximum Gasteiger partial charge on any atom is 0.494 e. The first kappa shape index (κ1) is 18.8. The largest absolute Gasteiger partial charge is 0.494 e. The van der Waals surface area contributed by atoms with Crippen LogP contribution in [0.15, 0.2) is 24.3 Å². The molecule has 1 N–H and O–H groups in total. The highest BCUT2D eigenvalue weighted by Gasteiger charge is 2.51. The fourth-order valence-electron chi connectivity index (χ4n) is 2.45. The van der Waals surface area contributed by atoms with Crippen LogP contribution >= 0.6 is 0 Å². The van der Waals surface area contributed by atoms with Crippen LogP contribution in [0.25, 0.3) is 0 Å². The Morgan fingerprint density at radius 2 is 1.71 bits per heavy atom. The van der Waals surface area contributed by atoms with Crippen molar-refractivity contribution in [3.8, 4) is 5.75 Å². The van der Waals surface area contributed by atoms with Gasteiger partial charge >= 0.3 is 13.1 Å². The summed E-state index contributed by atoms with van der Waals surface area (Å²) in [7, 11) is -0.503. The summed E-state index contributed by atoms with van der Waals surface area (Å²) >= 11 is 0. The first-order valence-corrected chi connectivity index (χ1v) is 8.18. The highest BCUT2D eigenvalue weighted by molar-refractivity contribution is 6.62. The summed E-state index contributed by atoms with van der Waals surface area (Å²) < 4.78 is 17.8. The van der Waals surface area contributed by atoms with Gasteiger partial charge in [-0.05, 0) is 45.3 Å². The van der Waals surface area contributed by atoms with Crippen molar-refractivity contribution >= 4 is 18.6 Å². The van der Waals surface area contributed by atoms with E-state index in [2.05, 4.69) is 0 Å². The van der Waals surface area contributed by atoms with Crippen LogP contribution < -0.4 is 10.2 Å². The Hall–Kier alpha value is -1.53. The van der Waals surface area contributed by atoms with Crippen molar-refractivity contribution in [2.75, 3.05) is 0 Å². The third kappa shape index (κ3) is 3.76. The zero-order valence-electron chi connectivity index (χ0n) is 15.5. The Labute approximate surface area is 144 Å². The molecule has 1 fully saturated rings. The number of hydrogen-bond donors (Lipinski definition) is 1. The molecule has 1 aromatic carbocycles. The van der Waals surface area contributed by atoms with E-state index >= 15 is 0 Å². The number of rotatable bonds is 4. The van der Waals surface area contributed by atoms with Gasteiger partial charge in [0.2, 0.25) is 0 Å². The van der Waals surface area contributed by atoms with Gasteiger partial charge in [0.05, 0.1) is 11.2 Å². The minimum absolute atomic E-state index is 0.427. The molecule has 0 aromatic heterocycles. The van der Waals surface area contributed by atoms with Gasteiger partial charge in [0.1, 0.15) is 5.75 Å². The SMILES string of the molecule is CC(C)(C)C(Oc1cccc(B2OC(C)(C)C(C)(C)O2)c1)C(=O)O. The number of hydrogen-bond acceptors (Lipinski definition) is 4. The smallest absolute Gasteiger partial charge is 0.478 e. The molecule has 0 radical (unpaired) electrons. The van der Waals surface area contributed by atoms with Crippen molar-refractivity contribution in [1.82, 2.24) is 0 Å². The lowest BCUT2D eigenvalue weighted by Crippen LogP contribution is -2.41. The van der Waals surface area contributed by atoms with Gasteiger partial charge < -0.3 is 19.2 Å². The molecule has 1 aromatic rings.